The predicted octanol–water partition coefficient (Wildman–Crippen LogP) is 2.68. The first kappa shape index (κ1) is 13.0. The maximum atomic E-state index is 10.4. The van der Waals surface area contributed by atoms with Crippen molar-refractivity contribution in [3.8, 4) is 0 Å². The maximum absolute atomic E-state index is 10.4. The third-order valence-electron chi connectivity index (χ3n) is 1.97. The van der Waals surface area contributed by atoms with Gasteiger partial charge in [0.05, 0.1) is 4.92 Å². The number of non-ortho nitro benzene ring substituents is 1. The molecule has 0 saturated heterocycles. The van der Waals surface area contributed by atoms with Gasteiger partial charge in [-0.3, -0.25) is 10.1 Å². The highest BCUT2D eigenvalue weighted by molar-refractivity contribution is 7.99. The first-order valence-corrected chi connectivity index (χ1v) is 6.19. The van der Waals surface area contributed by atoms with E-state index in [0.717, 1.165) is 17.2 Å². The largest absolute Gasteiger partial charge is 0.314 e. The van der Waals surface area contributed by atoms with E-state index in [0.29, 0.717) is 6.04 Å². The molecule has 16 heavy (non-hydrogen) atoms. The molecular weight excluding hydrogens is 224 g/mol. The van der Waals surface area contributed by atoms with Crippen LogP contribution in [0.1, 0.15) is 13.8 Å². The molecule has 0 fully saturated rings. The zero-order chi connectivity index (χ0) is 12.0. The molecule has 0 aliphatic heterocycles. The summed E-state index contributed by atoms with van der Waals surface area (Å²) < 4.78 is 0. The van der Waals surface area contributed by atoms with E-state index in [-0.39, 0.29) is 10.6 Å². The van der Waals surface area contributed by atoms with E-state index >= 15 is 0 Å². The third kappa shape index (κ3) is 4.63. The van der Waals surface area contributed by atoms with Gasteiger partial charge in [-0.15, -0.1) is 11.8 Å². The van der Waals surface area contributed by atoms with Gasteiger partial charge in [-0.1, -0.05) is 13.8 Å². The fourth-order valence-corrected chi connectivity index (χ4v) is 1.96. The lowest BCUT2D eigenvalue weighted by Gasteiger charge is -2.07. The molecule has 4 nitrogen and oxygen atoms in total. The number of nitrogens with zero attached hydrogens (tertiary/aromatic N) is 1. The molecule has 0 bridgehead atoms. The number of benzene rings is 1. The molecule has 0 heterocycles. The van der Waals surface area contributed by atoms with Crippen LogP contribution in [0.2, 0.25) is 0 Å². The summed E-state index contributed by atoms with van der Waals surface area (Å²) in [6, 6.07) is 7.16. The van der Waals surface area contributed by atoms with Crippen LogP contribution in [0.4, 0.5) is 5.69 Å². The Morgan fingerprint density at radius 1 is 1.38 bits per heavy atom. The predicted molar refractivity (Wildman–Crippen MR) is 67.0 cm³/mol. The topological polar surface area (TPSA) is 55.2 Å². The van der Waals surface area contributed by atoms with Gasteiger partial charge in [-0.25, -0.2) is 0 Å². The highest BCUT2D eigenvalue weighted by Crippen LogP contribution is 2.20. The average molecular weight is 240 g/mol. The first-order valence-electron chi connectivity index (χ1n) is 5.20. The van der Waals surface area contributed by atoms with Crippen molar-refractivity contribution in [2.45, 2.75) is 24.8 Å². The van der Waals surface area contributed by atoms with Crippen molar-refractivity contribution in [3.63, 3.8) is 0 Å². The molecule has 0 aromatic heterocycles. The van der Waals surface area contributed by atoms with Crippen LogP contribution < -0.4 is 5.32 Å². The Hall–Kier alpha value is -1.07. The fourth-order valence-electron chi connectivity index (χ4n) is 1.18. The lowest BCUT2D eigenvalue weighted by molar-refractivity contribution is -0.384. The normalized spacial score (nSPS) is 10.7. The van der Waals surface area contributed by atoms with Gasteiger partial charge in [0.1, 0.15) is 0 Å². The van der Waals surface area contributed by atoms with Crippen LogP contribution in [0.3, 0.4) is 0 Å². The number of thioether (sulfide) groups is 1. The van der Waals surface area contributed by atoms with E-state index < -0.39 is 0 Å². The molecule has 0 spiro atoms. The van der Waals surface area contributed by atoms with Crippen molar-refractivity contribution in [3.05, 3.63) is 34.4 Å². The zero-order valence-corrected chi connectivity index (χ0v) is 10.3. The molecule has 1 rings (SSSR count). The van der Waals surface area contributed by atoms with Gasteiger partial charge >= 0.3 is 0 Å². The molecule has 0 radical (unpaired) electrons. The summed E-state index contributed by atoms with van der Waals surface area (Å²) in [5, 5.41) is 13.8. The Morgan fingerprint density at radius 3 is 2.50 bits per heavy atom. The molecule has 0 aliphatic carbocycles. The standard InChI is InChI=1S/C11H16N2O2S/c1-9(2)12-7-8-16-11-5-3-10(4-6-11)13(14)15/h3-6,9,12H,7-8H2,1-2H3. The van der Waals surface area contributed by atoms with Crippen LogP contribution in [-0.2, 0) is 0 Å². The van der Waals surface area contributed by atoms with Gasteiger partial charge in [0, 0.05) is 35.4 Å². The summed E-state index contributed by atoms with van der Waals surface area (Å²) in [7, 11) is 0. The zero-order valence-electron chi connectivity index (χ0n) is 9.47. The lowest BCUT2D eigenvalue weighted by Crippen LogP contribution is -2.24. The van der Waals surface area contributed by atoms with Crippen molar-refractivity contribution in [2.24, 2.45) is 0 Å². The Labute approximate surface area is 99.6 Å². The minimum Gasteiger partial charge on any atom is -0.314 e. The Morgan fingerprint density at radius 2 is 2.00 bits per heavy atom. The average Bonchev–Trinajstić information content (AvgIpc) is 2.25. The van der Waals surface area contributed by atoms with Crippen LogP contribution in [0.5, 0.6) is 0 Å². The van der Waals surface area contributed by atoms with Crippen LogP contribution in [0.15, 0.2) is 29.2 Å². The van der Waals surface area contributed by atoms with Crippen molar-refractivity contribution in [1.82, 2.24) is 5.32 Å². The maximum Gasteiger partial charge on any atom is 0.269 e. The summed E-state index contributed by atoms with van der Waals surface area (Å²) in [4.78, 5) is 11.1. The SMILES string of the molecule is CC(C)NCCSc1ccc([N+](=O)[O-])cc1. The van der Waals surface area contributed by atoms with Crippen LogP contribution >= 0.6 is 11.8 Å². The fraction of sp³-hybridized carbons (Fsp3) is 0.455. The molecule has 0 unspecified atom stereocenters. The minimum atomic E-state index is -0.380. The van der Waals surface area contributed by atoms with Crippen molar-refractivity contribution in [2.75, 3.05) is 12.3 Å². The van der Waals surface area contributed by atoms with Crippen LogP contribution in [0.25, 0.3) is 0 Å². The number of hydrogen-bond donors (Lipinski definition) is 1. The van der Waals surface area contributed by atoms with Gasteiger partial charge < -0.3 is 5.32 Å². The highest BCUT2D eigenvalue weighted by Gasteiger charge is 2.03. The van der Waals surface area contributed by atoms with Crippen molar-refractivity contribution < 1.29 is 4.92 Å². The Kier molecular flexibility index (Phi) is 5.28. The minimum absolute atomic E-state index is 0.143. The second kappa shape index (κ2) is 6.50. The number of nitro groups is 1. The number of hydrogen-bond acceptors (Lipinski definition) is 4. The van der Waals surface area contributed by atoms with E-state index in [1.165, 1.54) is 12.1 Å². The highest BCUT2D eigenvalue weighted by atomic mass is 32.2. The summed E-state index contributed by atoms with van der Waals surface area (Å²) in [6.45, 7) is 5.16. The summed E-state index contributed by atoms with van der Waals surface area (Å²) >= 11 is 1.70. The molecular formula is C11H16N2O2S. The van der Waals surface area contributed by atoms with Gasteiger partial charge in [-0.2, -0.15) is 0 Å². The molecule has 88 valence electrons. The lowest BCUT2D eigenvalue weighted by atomic mass is 10.3. The Bertz CT molecular complexity index is 338. The van der Waals surface area contributed by atoms with Crippen LogP contribution in [0, 0.1) is 10.1 Å². The van der Waals surface area contributed by atoms with Gasteiger partial charge in [0.15, 0.2) is 0 Å². The van der Waals surface area contributed by atoms with E-state index in [2.05, 4.69) is 19.2 Å². The summed E-state index contributed by atoms with van der Waals surface area (Å²) in [5.41, 5.74) is 0.143. The molecule has 1 N–H and O–H groups in total. The molecule has 0 saturated carbocycles. The molecule has 1 aromatic rings. The van der Waals surface area contributed by atoms with Crippen molar-refractivity contribution in [1.29, 1.82) is 0 Å². The monoisotopic (exact) mass is 240 g/mol. The molecule has 0 atom stereocenters. The van der Waals surface area contributed by atoms with E-state index in [4.69, 9.17) is 0 Å². The second-order valence-electron chi connectivity index (χ2n) is 3.71. The number of rotatable bonds is 6. The molecule has 0 aliphatic rings. The Balaban J connectivity index is 2.35. The summed E-state index contributed by atoms with van der Waals surface area (Å²) in [6.07, 6.45) is 0. The van der Waals surface area contributed by atoms with E-state index in [1.54, 1.807) is 23.9 Å². The van der Waals surface area contributed by atoms with Crippen LogP contribution in [-0.4, -0.2) is 23.3 Å². The van der Waals surface area contributed by atoms with E-state index in [9.17, 15) is 10.1 Å². The molecule has 1 aromatic carbocycles. The molecule has 0 amide bonds. The van der Waals surface area contributed by atoms with Gasteiger partial charge in [-0.05, 0) is 12.1 Å². The quantitative estimate of drug-likeness (QED) is 0.359. The third-order valence-corrected chi connectivity index (χ3v) is 2.98. The summed E-state index contributed by atoms with van der Waals surface area (Å²) in [5.74, 6) is 0.968. The van der Waals surface area contributed by atoms with Gasteiger partial charge in [0.25, 0.3) is 5.69 Å². The van der Waals surface area contributed by atoms with E-state index in [1.807, 2.05) is 0 Å². The first-order chi connectivity index (χ1) is 7.59. The van der Waals surface area contributed by atoms with Crippen molar-refractivity contribution >= 4 is 17.4 Å². The smallest absolute Gasteiger partial charge is 0.269 e. The number of nitro benzene ring substituents is 1. The second-order valence-corrected chi connectivity index (χ2v) is 4.88. The molecule has 5 heteroatoms. The number of nitrogens with one attached hydrogen (secondary N) is 1. The van der Waals surface area contributed by atoms with Gasteiger partial charge in [0.2, 0.25) is 0 Å².